The van der Waals surface area contributed by atoms with E-state index >= 15 is 0 Å². The number of likely N-dealkylation sites (N-methyl/N-ethyl adjacent to an activating group) is 1. The van der Waals surface area contributed by atoms with Crippen LogP contribution in [0.15, 0.2) is 0 Å². The van der Waals surface area contributed by atoms with Crippen LogP contribution in [0.25, 0.3) is 0 Å². The van der Waals surface area contributed by atoms with Crippen LogP contribution in [0.3, 0.4) is 0 Å². The lowest BCUT2D eigenvalue weighted by atomic mass is 9.51. The number of carbonyl (C=O) groups excluding carboxylic acids is 5. The minimum absolute atomic E-state index is 0.0510. The van der Waals surface area contributed by atoms with Crippen LogP contribution in [0.4, 0.5) is 0 Å². The molecule has 2 heterocycles. The van der Waals surface area contributed by atoms with Crippen molar-refractivity contribution < 1.29 is 33.4 Å². The molecule has 5 amide bonds. The molecular formula is C41H71N7O7. The fourth-order valence-electron chi connectivity index (χ4n) is 9.66. The lowest BCUT2D eigenvalue weighted by Crippen LogP contribution is -2.62. The maximum Gasteiger partial charge on any atom is 0.245 e. The van der Waals surface area contributed by atoms with Crippen LogP contribution >= 0.6 is 0 Å². The average Bonchev–Trinajstić information content (AvgIpc) is 3.43. The van der Waals surface area contributed by atoms with Gasteiger partial charge in [-0.05, 0) is 101 Å². The Morgan fingerprint density at radius 3 is 2.09 bits per heavy atom. The van der Waals surface area contributed by atoms with E-state index in [-0.39, 0.29) is 43.6 Å². The van der Waals surface area contributed by atoms with E-state index in [0.717, 1.165) is 83.7 Å². The molecule has 5 aliphatic rings. The summed E-state index contributed by atoms with van der Waals surface area (Å²) in [5.41, 5.74) is 6.56. The van der Waals surface area contributed by atoms with E-state index in [1.54, 1.807) is 11.9 Å². The highest BCUT2D eigenvalue weighted by molar-refractivity contribution is 5.96. The van der Waals surface area contributed by atoms with Gasteiger partial charge in [-0.15, -0.1) is 0 Å². The Kier molecular flexibility index (Phi) is 16.2. The molecule has 55 heavy (non-hydrogen) atoms. The van der Waals surface area contributed by atoms with Crippen molar-refractivity contribution in [1.29, 1.82) is 0 Å². The molecule has 0 aromatic carbocycles. The highest BCUT2D eigenvalue weighted by Crippen LogP contribution is 2.60. The summed E-state index contributed by atoms with van der Waals surface area (Å²) in [6, 6.07) is -4.37. The number of ether oxygens (including phenoxy) is 2. The Bertz CT molecular complexity index is 1290. The molecule has 7 atom stereocenters. The van der Waals surface area contributed by atoms with Crippen molar-refractivity contribution >= 4 is 29.5 Å². The number of piperidine rings is 1. The first-order valence-corrected chi connectivity index (χ1v) is 21.6. The molecular weight excluding hydrogens is 702 g/mol. The molecule has 7 N–H and O–H groups in total. The summed E-state index contributed by atoms with van der Waals surface area (Å²) in [4.78, 5) is 72.0. The number of nitrogens with one attached hydrogen (secondary N) is 5. The van der Waals surface area contributed by atoms with Crippen LogP contribution in [-0.2, 0) is 33.4 Å². The molecule has 0 radical (unpaired) electrons. The Morgan fingerprint density at radius 1 is 0.818 bits per heavy atom. The van der Waals surface area contributed by atoms with Gasteiger partial charge in [-0.2, -0.15) is 0 Å². The lowest BCUT2D eigenvalue weighted by molar-refractivity contribution is -0.148. The topological polar surface area (TPSA) is 193 Å². The second-order valence-corrected chi connectivity index (χ2v) is 17.6. The van der Waals surface area contributed by atoms with Gasteiger partial charge >= 0.3 is 0 Å². The minimum Gasteiger partial charge on any atom is -0.375 e. The first-order valence-electron chi connectivity index (χ1n) is 21.6. The molecule has 0 aromatic rings. The molecule has 14 heteroatoms. The molecule has 14 nitrogen and oxygen atoms in total. The molecule has 0 unspecified atom stereocenters. The van der Waals surface area contributed by atoms with Gasteiger partial charge < -0.3 is 46.7 Å². The smallest absolute Gasteiger partial charge is 0.245 e. The maximum absolute atomic E-state index is 14.3. The van der Waals surface area contributed by atoms with Crippen molar-refractivity contribution in [2.24, 2.45) is 28.9 Å². The largest absolute Gasteiger partial charge is 0.375 e. The zero-order chi connectivity index (χ0) is 39.5. The molecule has 5 rings (SSSR count). The predicted molar refractivity (Wildman–Crippen MR) is 209 cm³/mol. The Hall–Kier alpha value is -2.81. The molecule has 0 aromatic heterocycles. The summed E-state index contributed by atoms with van der Waals surface area (Å²) >= 11 is 0. The summed E-state index contributed by atoms with van der Waals surface area (Å²) in [6.45, 7) is 7.21. The summed E-state index contributed by atoms with van der Waals surface area (Å²) < 4.78 is 12.7. The Morgan fingerprint density at radius 2 is 1.47 bits per heavy atom. The molecule has 2 saturated heterocycles. The fourth-order valence-corrected chi connectivity index (χ4v) is 9.66. The number of amides is 5. The molecule has 312 valence electrons. The second kappa shape index (κ2) is 20.6. The van der Waals surface area contributed by atoms with Gasteiger partial charge in [0, 0.05) is 19.6 Å². The molecule has 1 spiro atoms. The van der Waals surface area contributed by atoms with E-state index in [9.17, 15) is 24.0 Å². The third-order valence-corrected chi connectivity index (χ3v) is 13.2. The zero-order valence-corrected chi connectivity index (χ0v) is 34.0. The van der Waals surface area contributed by atoms with Crippen molar-refractivity contribution in [2.75, 3.05) is 39.9 Å². The number of hydrogen-bond donors (Lipinski definition) is 6. The van der Waals surface area contributed by atoms with Gasteiger partial charge in [-0.25, -0.2) is 0 Å². The van der Waals surface area contributed by atoms with E-state index in [1.807, 2.05) is 20.8 Å². The van der Waals surface area contributed by atoms with E-state index in [4.69, 9.17) is 15.2 Å². The average molecular weight is 774 g/mol. The number of nitrogens with zero attached hydrogens (tertiary/aromatic N) is 1. The molecule has 5 fully saturated rings. The molecule has 2 aliphatic heterocycles. The first kappa shape index (κ1) is 43.3. The Balaban J connectivity index is 1.42. The highest BCUT2D eigenvalue weighted by Gasteiger charge is 2.49. The predicted octanol–water partition coefficient (Wildman–Crippen LogP) is 2.28. The van der Waals surface area contributed by atoms with Crippen LogP contribution in [0, 0.1) is 23.2 Å². The van der Waals surface area contributed by atoms with Crippen LogP contribution in [0.5, 0.6) is 0 Å². The molecule has 3 aliphatic carbocycles. The third-order valence-electron chi connectivity index (χ3n) is 13.2. The summed E-state index contributed by atoms with van der Waals surface area (Å²) in [7, 11) is 1.68. The van der Waals surface area contributed by atoms with E-state index < -0.39 is 60.0 Å². The summed E-state index contributed by atoms with van der Waals surface area (Å²) in [5, 5.41) is 15.0. The van der Waals surface area contributed by atoms with Gasteiger partial charge in [0.05, 0.1) is 31.3 Å². The fraction of sp³-hybridized carbons (Fsp3) is 0.878. The maximum atomic E-state index is 14.3. The van der Waals surface area contributed by atoms with Crippen LogP contribution in [0.1, 0.15) is 124 Å². The van der Waals surface area contributed by atoms with E-state index in [0.29, 0.717) is 24.2 Å². The minimum atomic E-state index is -1.16. The second-order valence-electron chi connectivity index (χ2n) is 17.6. The van der Waals surface area contributed by atoms with Crippen molar-refractivity contribution in [3.8, 4) is 0 Å². The standard InChI is InChI=1S/C41H71N7O7/c1-5-11-33-38(51)47-35(29-12-8-6-7-9-13-29)39(52)45-31(23-42)36(49)46-32(25-54-30-14-18-43-19-15-30)37(50)44-26(2)24-55-34(27(3)40(53)48(33)4)20-28-21-41(22-28)16-10-17-41/h26-35,43H,5-25,42H2,1-4H3,(H,44,50)(H,45,52)(H,46,49)(H,47,51)/t26-,27-,31+,32+,33+,34-,35+/m1/s1. The Labute approximate surface area is 328 Å². The molecule has 3 saturated carbocycles. The quantitative estimate of drug-likeness (QED) is 0.191. The normalized spacial score (nSPS) is 33.1. The van der Waals surface area contributed by atoms with Crippen molar-refractivity contribution in [3.63, 3.8) is 0 Å². The molecule has 0 bridgehead atoms. The van der Waals surface area contributed by atoms with Crippen LogP contribution in [-0.4, -0.2) is 117 Å². The van der Waals surface area contributed by atoms with Crippen LogP contribution < -0.4 is 32.3 Å². The van der Waals surface area contributed by atoms with Crippen molar-refractivity contribution in [2.45, 2.75) is 166 Å². The van der Waals surface area contributed by atoms with Gasteiger partial charge in [-0.1, -0.05) is 52.4 Å². The number of rotatable bonds is 9. The monoisotopic (exact) mass is 774 g/mol. The highest BCUT2D eigenvalue weighted by atomic mass is 16.5. The number of nitrogens with two attached hydrogens (primary N) is 1. The van der Waals surface area contributed by atoms with Crippen molar-refractivity contribution in [1.82, 2.24) is 31.5 Å². The third kappa shape index (κ3) is 11.6. The van der Waals surface area contributed by atoms with Crippen molar-refractivity contribution in [3.05, 3.63) is 0 Å². The SMILES string of the molecule is CCC[C@H]1C(=O)N[C@@H](C2CCCCCC2)C(=O)N[C@@H](CN)C(=O)N[C@@H](COC2CCNCC2)C(=O)N[C@H](C)CO[C@H](CC2CC3(CCC3)C2)[C@@H](C)C(=O)N1C. The van der Waals surface area contributed by atoms with Gasteiger partial charge in [-0.3, -0.25) is 24.0 Å². The van der Waals surface area contributed by atoms with Gasteiger partial charge in [0.15, 0.2) is 0 Å². The van der Waals surface area contributed by atoms with Gasteiger partial charge in [0.1, 0.15) is 24.2 Å². The van der Waals surface area contributed by atoms with Gasteiger partial charge in [0.2, 0.25) is 29.5 Å². The first-order chi connectivity index (χ1) is 26.4. The zero-order valence-electron chi connectivity index (χ0n) is 34.0. The van der Waals surface area contributed by atoms with E-state index in [2.05, 4.69) is 26.6 Å². The van der Waals surface area contributed by atoms with E-state index in [1.165, 1.54) is 19.3 Å². The van der Waals surface area contributed by atoms with Crippen LogP contribution in [0.2, 0.25) is 0 Å². The van der Waals surface area contributed by atoms with Gasteiger partial charge in [0.25, 0.3) is 0 Å². The number of carbonyl (C=O) groups is 5. The summed E-state index contributed by atoms with van der Waals surface area (Å²) in [5.74, 6) is -2.36. The summed E-state index contributed by atoms with van der Waals surface area (Å²) in [6.07, 6.45) is 14.5. The number of hydrogen-bond acceptors (Lipinski definition) is 9. The lowest BCUT2D eigenvalue weighted by Gasteiger charge is -2.55.